The van der Waals surface area contributed by atoms with Crippen LogP contribution >= 0.6 is 0 Å². The zero-order valence-electron chi connectivity index (χ0n) is 16.3. The molecular weight excluding hydrogens is 366 g/mol. The van der Waals surface area contributed by atoms with Gasteiger partial charge in [-0.2, -0.15) is 0 Å². The number of amides is 1. The summed E-state index contributed by atoms with van der Waals surface area (Å²) in [6, 6.07) is 13.1. The van der Waals surface area contributed by atoms with Crippen LogP contribution in [0, 0.1) is 0 Å². The van der Waals surface area contributed by atoms with Crippen molar-refractivity contribution in [3.05, 3.63) is 66.6 Å². The van der Waals surface area contributed by atoms with Crippen molar-refractivity contribution in [1.29, 1.82) is 0 Å². The number of benzene rings is 1. The van der Waals surface area contributed by atoms with E-state index in [1.54, 1.807) is 24.7 Å². The second-order valence-corrected chi connectivity index (χ2v) is 6.82. The molecule has 0 saturated carbocycles. The molecule has 1 atom stereocenters. The van der Waals surface area contributed by atoms with Crippen LogP contribution in [0.2, 0.25) is 0 Å². The van der Waals surface area contributed by atoms with Gasteiger partial charge in [0.1, 0.15) is 5.75 Å². The Balaban J connectivity index is 1.43. The van der Waals surface area contributed by atoms with Gasteiger partial charge < -0.3 is 15.0 Å². The minimum absolute atomic E-state index is 0.0304. The lowest BCUT2D eigenvalue weighted by Gasteiger charge is -2.18. The van der Waals surface area contributed by atoms with Crippen molar-refractivity contribution < 1.29 is 9.53 Å². The Hall–Kier alpha value is -3.48. The number of ether oxygens (including phenoxy) is 1. The zero-order chi connectivity index (χ0) is 20.1. The molecule has 7 heteroatoms. The number of nitrogens with one attached hydrogen (secondary N) is 1. The zero-order valence-corrected chi connectivity index (χ0v) is 16.3. The largest absolute Gasteiger partial charge is 0.493 e. The van der Waals surface area contributed by atoms with Gasteiger partial charge in [0.2, 0.25) is 5.95 Å². The second-order valence-electron chi connectivity index (χ2n) is 6.82. The Morgan fingerprint density at radius 1 is 1.21 bits per heavy atom. The summed E-state index contributed by atoms with van der Waals surface area (Å²) in [6.45, 7) is 3.88. The monoisotopic (exact) mass is 389 g/mol. The van der Waals surface area contributed by atoms with Gasteiger partial charge in [0.05, 0.1) is 17.9 Å². The molecule has 1 aliphatic heterocycles. The summed E-state index contributed by atoms with van der Waals surface area (Å²) in [6.07, 6.45) is 6.12. The van der Waals surface area contributed by atoms with Crippen molar-refractivity contribution in [1.82, 2.24) is 20.3 Å². The van der Waals surface area contributed by atoms with E-state index in [-0.39, 0.29) is 11.9 Å². The Labute approximate surface area is 169 Å². The first kappa shape index (κ1) is 18.9. The first-order valence-corrected chi connectivity index (χ1v) is 9.75. The molecule has 1 aliphatic rings. The SMILES string of the molecule is CCOc1ccccc1C(=O)NC1CCN(c2nccc(-c3cccnc3)n2)C1. The molecule has 1 unspecified atom stereocenters. The first-order chi connectivity index (χ1) is 14.2. The highest BCUT2D eigenvalue weighted by Crippen LogP contribution is 2.22. The predicted octanol–water partition coefficient (Wildman–Crippen LogP) is 2.95. The Morgan fingerprint density at radius 2 is 2.10 bits per heavy atom. The number of nitrogens with zero attached hydrogens (tertiary/aromatic N) is 4. The highest BCUT2D eigenvalue weighted by atomic mass is 16.5. The van der Waals surface area contributed by atoms with Gasteiger partial charge in [-0.1, -0.05) is 12.1 Å². The normalized spacial score (nSPS) is 15.9. The number of aromatic nitrogens is 3. The summed E-state index contributed by atoms with van der Waals surface area (Å²) in [7, 11) is 0. The molecule has 1 N–H and O–H groups in total. The number of anilines is 1. The summed E-state index contributed by atoms with van der Waals surface area (Å²) in [5.74, 6) is 1.15. The average Bonchev–Trinajstić information content (AvgIpc) is 3.23. The maximum Gasteiger partial charge on any atom is 0.255 e. The molecule has 1 aromatic carbocycles. The van der Waals surface area contributed by atoms with E-state index in [1.165, 1.54) is 0 Å². The second kappa shape index (κ2) is 8.68. The summed E-state index contributed by atoms with van der Waals surface area (Å²) in [5.41, 5.74) is 2.34. The van der Waals surface area contributed by atoms with Crippen LogP contribution < -0.4 is 15.0 Å². The summed E-state index contributed by atoms with van der Waals surface area (Å²) in [4.78, 5) is 28.1. The van der Waals surface area contributed by atoms with Crippen LogP contribution in [0.15, 0.2) is 61.1 Å². The molecule has 4 rings (SSSR count). The van der Waals surface area contributed by atoms with E-state index < -0.39 is 0 Å². The number of carbonyl (C=O) groups excluding carboxylic acids is 1. The summed E-state index contributed by atoms with van der Waals surface area (Å²) >= 11 is 0. The van der Waals surface area contributed by atoms with Gasteiger partial charge in [-0.05, 0) is 43.7 Å². The van der Waals surface area contributed by atoms with Gasteiger partial charge in [0.15, 0.2) is 0 Å². The lowest BCUT2D eigenvalue weighted by atomic mass is 10.1. The van der Waals surface area contributed by atoms with Gasteiger partial charge in [-0.3, -0.25) is 9.78 Å². The third-order valence-electron chi connectivity index (χ3n) is 4.84. The van der Waals surface area contributed by atoms with Crippen LogP contribution in [-0.4, -0.2) is 46.6 Å². The van der Waals surface area contributed by atoms with Gasteiger partial charge in [0, 0.05) is 43.3 Å². The third-order valence-corrected chi connectivity index (χ3v) is 4.84. The van der Waals surface area contributed by atoms with Crippen molar-refractivity contribution in [2.24, 2.45) is 0 Å². The van der Waals surface area contributed by atoms with Crippen LogP contribution in [-0.2, 0) is 0 Å². The topological polar surface area (TPSA) is 80.2 Å². The molecule has 1 amide bonds. The molecule has 29 heavy (non-hydrogen) atoms. The average molecular weight is 389 g/mol. The number of hydrogen-bond acceptors (Lipinski definition) is 6. The Bertz CT molecular complexity index is 980. The van der Waals surface area contributed by atoms with Crippen molar-refractivity contribution in [2.75, 3.05) is 24.6 Å². The fraction of sp³-hybridized carbons (Fsp3) is 0.273. The first-order valence-electron chi connectivity index (χ1n) is 9.75. The van der Waals surface area contributed by atoms with E-state index >= 15 is 0 Å². The number of rotatable bonds is 6. The van der Waals surface area contributed by atoms with E-state index in [0.717, 1.165) is 24.2 Å². The molecule has 148 valence electrons. The van der Waals surface area contributed by atoms with Crippen LogP contribution in [0.4, 0.5) is 5.95 Å². The van der Waals surface area contributed by atoms with Gasteiger partial charge in [-0.15, -0.1) is 0 Å². The molecule has 0 spiro atoms. The molecule has 2 aromatic heterocycles. The molecule has 0 bridgehead atoms. The quantitative estimate of drug-likeness (QED) is 0.698. The molecule has 7 nitrogen and oxygen atoms in total. The smallest absolute Gasteiger partial charge is 0.255 e. The number of para-hydroxylation sites is 1. The number of carbonyl (C=O) groups is 1. The molecule has 3 aromatic rings. The van der Waals surface area contributed by atoms with Crippen molar-refractivity contribution >= 4 is 11.9 Å². The maximum atomic E-state index is 12.7. The summed E-state index contributed by atoms with van der Waals surface area (Å²) < 4.78 is 5.57. The predicted molar refractivity (Wildman–Crippen MR) is 111 cm³/mol. The minimum Gasteiger partial charge on any atom is -0.493 e. The third kappa shape index (κ3) is 4.34. The van der Waals surface area contributed by atoms with E-state index in [4.69, 9.17) is 4.74 Å². The minimum atomic E-state index is -0.120. The Kier molecular flexibility index (Phi) is 5.65. The van der Waals surface area contributed by atoms with E-state index in [1.807, 2.05) is 43.3 Å². The lowest BCUT2D eigenvalue weighted by Crippen LogP contribution is -2.37. The number of pyridine rings is 1. The molecule has 0 radical (unpaired) electrons. The highest BCUT2D eigenvalue weighted by molar-refractivity contribution is 5.97. The van der Waals surface area contributed by atoms with Crippen LogP contribution in [0.25, 0.3) is 11.3 Å². The Morgan fingerprint density at radius 3 is 2.93 bits per heavy atom. The molecule has 0 aliphatic carbocycles. The van der Waals surface area contributed by atoms with Gasteiger partial charge in [0.25, 0.3) is 5.91 Å². The van der Waals surface area contributed by atoms with Crippen LogP contribution in [0.3, 0.4) is 0 Å². The van der Waals surface area contributed by atoms with Crippen LogP contribution in [0.1, 0.15) is 23.7 Å². The molecule has 1 saturated heterocycles. The van der Waals surface area contributed by atoms with Crippen molar-refractivity contribution in [3.8, 4) is 17.0 Å². The summed E-state index contributed by atoms with van der Waals surface area (Å²) in [5, 5.41) is 3.11. The number of hydrogen-bond donors (Lipinski definition) is 1. The fourth-order valence-electron chi connectivity index (χ4n) is 3.43. The van der Waals surface area contributed by atoms with Gasteiger partial charge in [-0.25, -0.2) is 9.97 Å². The lowest BCUT2D eigenvalue weighted by molar-refractivity contribution is 0.0936. The van der Waals surface area contributed by atoms with E-state index in [0.29, 0.717) is 30.4 Å². The van der Waals surface area contributed by atoms with Gasteiger partial charge >= 0.3 is 0 Å². The van der Waals surface area contributed by atoms with E-state index in [2.05, 4.69) is 25.2 Å². The van der Waals surface area contributed by atoms with E-state index in [9.17, 15) is 4.79 Å². The fourth-order valence-corrected chi connectivity index (χ4v) is 3.43. The molecule has 3 heterocycles. The van der Waals surface area contributed by atoms with Crippen LogP contribution in [0.5, 0.6) is 5.75 Å². The highest BCUT2D eigenvalue weighted by Gasteiger charge is 2.27. The van der Waals surface area contributed by atoms with Crippen molar-refractivity contribution in [3.63, 3.8) is 0 Å². The maximum absolute atomic E-state index is 12.7. The van der Waals surface area contributed by atoms with Crippen molar-refractivity contribution in [2.45, 2.75) is 19.4 Å². The molecular formula is C22H23N5O2. The standard InChI is InChI=1S/C22H23N5O2/c1-2-29-20-8-4-3-7-18(20)21(28)25-17-10-13-27(15-17)22-24-12-9-19(26-22)16-6-5-11-23-14-16/h3-9,11-12,14,17H,2,10,13,15H2,1H3,(H,25,28). The molecule has 1 fully saturated rings.